The van der Waals surface area contributed by atoms with E-state index in [1.54, 1.807) is 7.11 Å². The van der Waals surface area contributed by atoms with Crippen molar-refractivity contribution in [1.82, 2.24) is 5.16 Å². The highest BCUT2D eigenvalue weighted by Crippen LogP contribution is 2.40. The van der Waals surface area contributed by atoms with Crippen LogP contribution in [0, 0.1) is 0 Å². The highest BCUT2D eigenvalue weighted by atomic mass is 16.5. The zero-order valence-corrected chi connectivity index (χ0v) is 9.36. The van der Waals surface area contributed by atoms with Crippen molar-refractivity contribution in [2.45, 2.75) is 19.3 Å². The summed E-state index contributed by atoms with van der Waals surface area (Å²) in [6.45, 7) is 2.22. The number of hydrogen-bond acceptors (Lipinski definition) is 3. The molecule has 0 amide bonds. The van der Waals surface area contributed by atoms with E-state index in [9.17, 15) is 0 Å². The highest BCUT2D eigenvalue weighted by Gasteiger charge is 2.25. The van der Waals surface area contributed by atoms with Gasteiger partial charge in [0.25, 0.3) is 0 Å². The Balaban J connectivity index is 2.21. The lowest BCUT2D eigenvalue weighted by atomic mass is 9.83. The number of ether oxygens (including phenoxy) is 1. The van der Waals surface area contributed by atoms with Crippen LogP contribution in [0.5, 0.6) is 5.75 Å². The van der Waals surface area contributed by atoms with Crippen LogP contribution in [-0.4, -0.2) is 12.3 Å². The van der Waals surface area contributed by atoms with Crippen LogP contribution in [0.1, 0.15) is 24.0 Å². The molecule has 1 atom stereocenters. The van der Waals surface area contributed by atoms with Gasteiger partial charge in [-0.05, 0) is 36.1 Å². The lowest BCUT2D eigenvalue weighted by molar-refractivity contribution is 0.412. The summed E-state index contributed by atoms with van der Waals surface area (Å²) in [4.78, 5) is 0. The van der Waals surface area contributed by atoms with E-state index in [4.69, 9.17) is 9.26 Å². The van der Waals surface area contributed by atoms with E-state index in [1.165, 1.54) is 11.1 Å². The van der Waals surface area contributed by atoms with Gasteiger partial charge in [-0.2, -0.15) is 0 Å². The van der Waals surface area contributed by atoms with Crippen LogP contribution in [0.4, 0.5) is 0 Å². The molecule has 16 heavy (non-hydrogen) atoms. The molecule has 1 aromatic carbocycles. The predicted molar refractivity (Wildman–Crippen MR) is 60.6 cm³/mol. The first-order valence-electron chi connectivity index (χ1n) is 5.41. The Morgan fingerprint density at radius 3 is 3.12 bits per heavy atom. The van der Waals surface area contributed by atoms with E-state index in [0.29, 0.717) is 5.92 Å². The number of fused-ring (bicyclic) bond motifs is 3. The van der Waals surface area contributed by atoms with Crippen molar-refractivity contribution in [3.8, 4) is 17.1 Å². The van der Waals surface area contributed by atoms with Crippen molar-refractivity contribution in [2.75, 3.05) is 7.11 Å². The SMILES string of the molecule is COc1ccc2c(c1)[C@H](C)Cc1cnoc1-2. The van der Waals surface area contributed by atoms with Crippen LogP contribution >= 0.6 is 0 Å². The van der Waals surface area contributed by atoms with Gasteiger partial charge in [0, 0.05) is 11.1 Å². The molecule has 0 bridgehead atoms. The maximum Gasteiger partial charge on any atom is 0.170 e. The normalized spacial score (nSPS) is 17.8. The lowest BCUT2D eigenvalue weighted by Gasteiger charge is -2.21. The molecule has 3 rings (SSSR count). The van der Waals surface area contributed by atoms with Gasteiger partial charge < -0.3 is 9.26 Å². The molecule has 2 aromatic rings. The minimum Gasteiger partial charge on any atom is -0.497 e. The van der Waals surface area contributed by atoms with Crippen molar-refractivity contribution in [2.24, 2.45) is 0 Å². The molecule has 82 valence electrons. The summed E-state index contributed by atoms with van der Waals surface area (Å²) in [7, 11) is 1.69. The topological polar surface area (TPSA) is 35.3 Å². The van der Waals surface area contributed by atoms with Gasteiger partial charge in [-0.3, -0.25) is 0 Å². The Bertz CT molecular complexity index is 530. The summed E-state index contributed by atoms with van der Waals surface area (Å²) < 4.78 is 10.6. The smallest absolute Gasteiger partial charge is 0.170 e. The molecule has 0 N–H and O–H groups in total. The molecule has 0 aliphatic heterocycles. The lowest BCUT2D eigenvalue weighted by Crippen LogP contribution is -2.06. The first-order chi connectivity index (χ1) is 7.79. The monoisotopic (exact) mass is 215 g/mol. The molecule has 1 aromatic heterocycles. The fraction of sp³-hybridized carbons (Fsp3) is 0.308. The third-order valence-electron chi connectivity index (χ3n) is 3.20. The zero-order chi connectivity index (χ0) is 11.1. The Hall–Kier alpha value is -1.77. The fourth-order valence-corrected chi connectivity index (χ4v) is 2.35. The fourth-order valence-electron chi connectivity index (χ4n) is 2.35. The maximum absolute atomic E-state index is 5.31. The molecule has 0 unspecified atom stereocenters. The largest absolute Gasteiger partial charge is 0.497 e. The van der Waals surface area contributed by atoms with Crippen LogP contribution in [-0.2, 0) is 6.42 Å². The summed E-state index contributed by atoms with van der Waals surface area (Å²) in [6, 6.07) is 6.10. The van der Waals surface area contributed by atoms with Crippen molar-refractivity contribution < 1.29 is 9.26 Å². The zero-order valence-electron chi connectivity index (χ0n) is 9.36. The first-order valence-corrected chi connectivity index (χ1v) is 5.41. The Morgan fingerprint density at radius 1 is 1.44 bits per heavy atom. The Kier molecular flexibility index (Phi) is 1.99. The van der Waals surface area contributed by atoms with Crippen LogP contribution in [0.15, 0.2) is 28.9 Å². The molecule has 3 nitrogen and oxygen atoms in total. The average molecular weight is 215 g/mol. The molecule has 0 spiro atoms. The van der Waals surface area contributed by atoms with Gasteiger partial charge in [0.2, 0.25) is 0 Å². The van der Waals surface area contributed by atoms with Gasteiger partial charge >= 0.3 is 0 Å². The van der Waals surface area contributed by atoms with E-state index in [1.807, 2.05) is 18.3 Å². The molecule has 1 aliphatic rings. The number of methoxy groups -OCH3 is 1. The second-order valence-corrected chi connectivity index (χ2v) is 4.24. The summed E-state index contributed by atoms with van der Waals surface area (Å²) in [6.07, 6.45) is 2.80. The molecule has 3 heteroatoms. The van der Waals surface area contributed by atoms with Gasteiger partial charge in [-0.1, -0.05) is 12.1 Å². The number of nitrogens with zero attached hydrogens (tertiary/aromatic N) is 1. The molecule has 1 aliphatic carbocycles. The predicted octanol–water partition coefficient (Wildman–Crippen LogP) is 3.01. The summed E-state index contributed by atoms with van der Waals surface area (Å²) in [5, 5.41) is 3.87. The molecule has 0 saturated heterocycles. The quantitative estimate of drug-likeness (QED) is 0.733. The van der Waals surface area contributed by atoms with E-state index < -0.39 is 0 Å². The van der Waals surface area contributed by atoms with Gasteiger partial charge in [0.1, 0.15) is 5.75 Å². The van der Waals surface area contributed by atoms with E-state index in [0.717, 1.165) is 23.5 Å². The molecule has 0 saturated carbocycles. The van der Waals surface area contributed by atoms with Crippen molar-refractivity contribution >= 4 is 0 Å². The number of aromatic nitrogens is 1. The number of rotatable bonds is 1. The summed E-state index contributed by atoms with van der Waals surface area (Å²) >= 11 is 0. The molecule has 0 radical (unpaired) electrons. The average Bonchev–Trinajstić information content (AvgIpc) is 2.77. The van der Waals surface area contributed by atoms with Gasteiger partial charge in [0.05, 0.1) is 13.3 Å². The van der Waals surface area contributed by atoms with Crippen LogP contribution in [0.25, 0.3) is 11.3 Å². The first kappa shape index (κ1) is 9.46. The molecule has 1 heterocycles. The Morgan fingerprint density at radius 2 is 2.31 bits per heavy atom. The second-order valence-electron chi connectivity index (χ2n) is 4.24. The standard InChI is InChI=1S/C13H13NO2/c1-8-5-9-7-14-16-13(9)11-4-3-10(15-2)6-12(8)11/h3-4,6-8H,5H2,1-2H3/t8-/m1/s1. The third kappa shape index (κ3) is 1.24. The number of hydrogen-bond donors (Lipinski definition) is 0. The third-order valence-corrected chi connectivity index (χ3v) is 3.20. The summed E-state index contributed by atoms with van der Waals surface area (Å²) in [5.74, 6) is 2.29. The minimum absolute atomic E-state index is 0.483. The molecular formula is C13H13NO2. The maximum atomic E-state index is 5.31. The van der Waals surface area contributed by atoms with Crippen molar-refractivity contribution in [1.29, 1.82) is 0 Å². The number of benzene rings is 1. The van der Waals surface area contributed by atoms with E-state index in [-0.39, 0.29) is 0 Å². The van der Waals surface area contributed by atoms with Gasteiger partial charge in [-0.25, -0.2) is 0 Å². The highest BCUT2D eigenvalue weighted by molar-refractivity contribution is 5.69. The van der Waals surface area contributed by atoms with Crippen molar-refractivity contribution in [3.05, 3.63) is 35.5 Å². The van der Waals surface area contributed by atoms with Crippen LogP contribution < -0.4 is 4.74 Å². The van der Waals surface area contributed by atoms with Gasteiger partial charge in [-0.15, -0.1) is 0 Å². The second kappa shape index (κ2) is 3.37. The van der Waals surface area contributed by atoms with Gasteiger partial charge in [0.15, 0.2) is 5.76 Å². The van der Waals surface area contributed by atoms with E-state index in [2.05, 4.69) is 18.1 Å². The van der Waals surface area contributed by atoms with Crippen molar-refractivity contribution in [3.63, 3.8) is 0 Å². The molecular weight excluding hydrogens is 202 g/mol. The van der Waals surface area contributed by atoms with E-state index >= 15 is 0 Å². The molecule has 0 fully saturated rings. The summed E-state index contributed by atoms with van der Waals surface area (Å²) in [5.41, 5.74) is 3.63. The van der Waals surface area contributed by atoms with Crippen LogP contribution in [0.2, 0.25) is 0 Å². The Labute approximate surface area is 94.0 Å². The van der Waals surface area contributed by atoms with Crippen LogP contribution in [0.3, 0.4) is 0 Å². The minimum atomic E-state index is 0.483.